The molecule has 0 saturated carbocycles. The molecule has 1 heterocycles. The fraction of sp³-hybridized carbons (Fsp3) is 0.294. The summed E-state index contributed by atoms with van der Waals surface area (Å²) < 4.78 is 40.4. The molecule has 1 aliphatic heterocycles. The highest BCUT2D eigenvalue weighted by atomic mass is 19.2. The Bertz CT molecular complexity index is 660. The second-order valence-electron chi connectivity index (χ2n) is 5.74. The topological polar surface area (TPSA) is 29.3 Å². The molecule has 2 aromatic carbocycles. The molecule has 0 bridgehead atoms. The zero-order chi connectivity index (χ0) is 15.7. The number of likely N-dealkylation sites (tertiary alicyclic amines) is 1. The molecule has 3 rings (SSSR count). The van der Waals surface area contributed by atoms with Gasteiger partial charge in [-0.2, -0.15) is 0 Å². The lowest BCUT2D eigenvalue weighted by Gasteiger charge is -2.17. The molecule has 2 atom stereocenters. The van der Waals surface area contributed by atoms with Crippen LogP contribution in [0.2, 0.25) is 0 Å². The third-order valence-corrected chi connectivity index (χ3v) is 4.13. The maximum absolute atomic E-state index is 13.9. The van der Waals surface area contributed by atoms with Crippen LogP contribution in [0.5, 0.6) is 0 Å². The molecule has 0 radical (unpaired) electrons. The summed E-state index contributed by atoms with van der Waals surface area (Å²) in [6.45, 7) is 1.83. The summed E-state index contributed by atoms with van der Waals surface area (Å²) in [5.41, 5.74) is 7.38. The van der Waals surface area contributed by atoms with E-state index in [2.05, 4.69) is 4.90 Å². The van der Waals surface area contributed by atoms with E-state index in [4.69, 9.17) is 5.73 Å². The average Bonchev–Trinajstić information content (AvgIpc) is 2.84. The van der Waals surface area contributed by atoms with E-state index in [-0.39, 0.29) is 17.5 Å². The Balaban J connectivity index is 1.78. The molecule has 1 saturated heterocycles. The first-order valence-corrected chi connectivity index (χ1v) is 7.21. The van der Waals surface area contributed by atoms with Gasteiger partial charge in [-0.15, -0.1) is 0 Å². The van der Waals surface area contributed by atoms with Crippen LogP contribution in [-0.4, -0.2) is 24.0 Å². The molecule has 0 spiro atoms. The van der Waals surface area contributed by atoms with Gasteiger partial charge < -0.3 is 5.73 Å². The molecular weight excluding hydrogens is 289 g/mol. The van der Waals surface area contributed by atoms with Crippen molar-refractivity contribution in [2.45, 2.75) is 18.5 Å². The zero-order valence-corrected chi connectivity index (χ0v) is 12.0. The van der Waals surface area contributed by atoms with E-state index in [9.17, 15) is 13.2 Å². The zero-order valence-electron chi connectivity index (χ0n) is 12.0. The summed E-state index contributed by atoms with van der Waals surface area (Å²) in [6, 6.07) is 11.1. The quantitative estimate of drug-likeness (QED) is 0.883. The summed E-state index contributed by atoms with van der Waals surface area (Å²) in [6.07, 6.45) is 0. The van der Waals surface area contributed by atoms with Crippen molar-refractivity contribution in [2.75, 3.05) is 13.1 Å². The Morgan fingerprint density at radius 3 is 2.36 bits per heavy atom. The molecule has 1 fully saturated rings. The average molecular weight is 306 g/mol. The summed E-state index contributed by atoms with van der Waals surface area (Å²) in [7, 11) is 0. The van der Waals surface area contributed by atoms with Crippen molar-refractivity contribution in [3.05, 3.63) is 71.0 Å². The maximum Gasteiger partial charge on any atom is 0.161 e. The second kappa shape index (κ2) is 6.10. The van der Waals surface area contributed by atoms with Gasteiger partial charge in [-0.05, 0) is 17.2 Å². The van der Waals surface area contributed by atoms with Crippen molar-refractivity contribution < 1.29 is 13.2 Å². The highest BCUT2D eigenvalue weighted by molar-refractivity contribution is 5.27. The van der Waals surface area contributed by atoms with Gasteiger partial charge in [0.05, 0.1) is 0 Å². The van der Waals surface area contributed by atoms with Crippen LogP contribution in [-0.2, 0) is 6.54 Å². The minimum Gasteiger partial charge on any atom is -0.326 e. The van der Waals surface area contributed by atoms with E-state index in [0.29, 0.717) is 25.7 Å². The van der Waals surface area contributed by atoms with Crippen molar-refractivity contribution in [1.29, 1.82) is 0 Å². The first kappa shape index (κ1) is 15.1. The molecule has 2 unspecified atom stereocenters. The molecule has 0 aromatic heterocycles. The van der Waals surface area contributed by atoms with E-state index in [1.807, 2.05) is 30.3 Å². The predicted molar refractivity (Wildman–Crippen MR) is 78.8 cm³/mol. The fourth-order valence-electron chi connectivity index (χ4n) is 3.04. The number of rotatable bonds is 3. The van der Waals surface area contributed by atoms with Crippen LogP contribution in [0.3, 0.4) is 0 Å². The van der Waals surface area contributed by atoms with Crippen LogP contribution in [0.4, 0.5) is 13.2 Å². The number of nitrogens with zero attached hydrogens (tertiary/aromatic N) is 1. The number of nitrogens with two attached hydrogens (primary N) is 1. The van der Waals surface area contributed by atoms with Crippen molar-refractivity contribution in [1.82, 2.24) is 4.90 Å². The smallest absolute Gasteiger partial charge is 0.161 e. The van der Waals surface area contributed by atoms with E-state index in [1.54, 1.807) is 0 Å². The third-order valence-electron chi connectivity index (χ3n) is 4.13. The Morgan fingerprint density at radius 1 is 0.955 bits per heavy atom. The first-order valence-electron chi connectivity index (χ1n) is 7.21. The highest BCUT2D eigenvalue weighted by Gasteiger charge is 2.33. The molecule has 2 aromatic rings. The monoisotopic (exact) mass is 306 g/mol. The van der Waals surface area contributed by atoms with E-state index in [0.717, 1.165) is 11.6 Å². The Hall–Kier alpha value is -1.85. The number of benzene rings is 2. The lowest BCUT2D eigenvalue weighted by molar-refractivity contribution is 0.323. The molecule has 5 heteroatoms. The van der Waals surface area contributed by atoms with Crippen LogP contribution in [0.1, 0.15) is 17.0 Å². The summed E-state index contributed by atoms with van der Waals surface area (Å²) in [4.78, 5) is 2.10. The van der Waals surface area contributed by atoms with Gasteiger partial charge in [0.25, 0.3) is 0 Å². The molecule has 0 aliphatic carbocycles. The van der Waals surface area contributed by atoms with Crippen LogP contribution in [0, 0.1) is 17.5 Å². The Kier molecular flexibility index (Phi) is 4.18. The molecule has 116 valence electrons. The van der Waals surface area contributed by atoms with Crippen molar-refractivity contribution in [3.63, 3.8) is 0 Å². The normalized spacial score (nSPS) is 22.2. The van der Waals surface area contributed by atoms with Gasteiger partial charge in [0.2, 0.25) is 0 Å². The lowest BCUT2D eigenvalue weighted by atomic mass is 9.94. The van der Waals surface area contributed by atoms with Gasteiger partial charge >= 0.3 is 0 Å². The van der Waals surface area contributed by atoms with Gasteiger partial charge in [-0.25, -0.2) is 13.2 Å². The van der Waals surface area contributed by atoms with E-state index in [1.165, 1.54) is 0 Å². The lowest BCUT2D eigenvalue weighted by Crippen LogP contribution is -2.29. The summed E-state index contributed by atoms with van der Waals surface area (Å²) >= 11 is 0. The SMILES string of the molecule is NC1CN(Cc2ccccc2)CC1c1cc(F)c(F)cc1F. The minimum absolute atomic E-state index is 0.155. The molecule has 22 heavy (non-hydrogen) atoms. The molecule has 1 aliphatic rings. The largest absolute Gasteiger partial charge is 0.326 e. The third kappa shape index (κ3) is 3.00. The summed E-state index contributed by atoms with van der Waals surface area (Å²) in [5.74, 6) is -3.28. The summed E-state index contributed by atoms with van der Waals surface area (Å²) in [5, 5.41) is 0. The van der Waals surface area contributed by atoms with Gasteiger partial charge in [-0.3, -0.25) is 4.90 Å². The number of hydrogen-bond donors (Lipinski definition) is 1. The standard InChI is InChI=1S/C17H17F3N2/c18-14-7-16(20)15(19)6-12(14)13-9-22(10-17(13)21)8-11-4-2-1-3-5-11/h1-7,13,17H,8-10,21H2. The van der Waals surface area contributed by atoms with Gasteiger partial charge in [0, 0.05) is 37.7 Å². The molecule has 0 amide bonds. The Labute approximate surface area is 127 Å². The van der Waals surface area contributed by atoms with E-state index < -0.39 is 17.5 Å². The molecule has 2 nitrogen and oxygen atoms in total. The van der Waals surface area contributed by atoms with Gasteiger partial charge in [0.1, 0.15) is 5.82 Å². The van der Waals surface area contributed by atoms with Crippen LogP contribution in [0.15, 0.2) is 42.5 Å². The second-order valence-corrected chi connectivity index (χ2v) is 5.74. The highest BCUT2D eigenvalue weighted by Crippen LogP contribution is 2.30. The number of halogens is 3. The van der Waals surface area contributed by atoms with Crippen LogP contribution >= 0.6 is 0 Å². The van der Waals surface area contributed by atoms with Crippen LogP contribution < -0.4 is 5.73 Å². The van der Waals surface area contributed by atoms with Crippen molar-refractivity contribution >= 4 is 0 Å². The number of hydrogen-bond acceptors (Lipinski definition) is 2. The molecule has 2 N–H and O–H groups in total. The Morgan fingerprint density at radius 2 is 1.64 bits per heavy atom. The minimum atomic E-state index is -1.17. The van der Waals surface area contributed by atoms with E-state index >= 15 is 0 Å². The van der Waals surface area contributed by atoms with Gasteiger partial charge in [-0.1, -0.05) is 30.3 Å². The maximum atomic E-state index is 13.9. The van der Waals surface area contributed by atoms with Crippen molar-refractivity contribution in [3.8, 4) is 0 Å². The first-order chi connectivity index (χ1) is 10.5. The predicted octanol–water partition coefficient (Wildman–Crippen LogP) is 3.03. The fourth-order valence-corrected chi connectivity index (χ4v) is 3.04. The molecular formula is C17H17F3N2. The van der Waals surface area contributed by atoms with Gasteiger partial charge in [0.15, 0.2) is 11.6 Å². The van der Waals surface area contributed by atoms with Crippen molar-refractivity contribution in [2.24, 2.45) is 5.73 Å². The van der Waals surface area contributed by atoms with Crippen LogP contribution in [0.25, 0.3) is 0 Å².